The quantitative estimate of drug-likeness (QED) is 0.648. The molecule has 2 aliphatic rings. The summed E-state index contributed by atoms with van der Waals surface area (Å²) < 4.78 is 0. The van der Waals surface area contributed by atoms with Crippen LogP contribution in [0.4, 0.5) is 0 Å². The van der Waals surface area contributed by atoms with Gasteiger partial charge >= 0.3 is 0 Å². The monoisotopic (exact) mass is 228 g/mol. The van der Waals surface area contributed by atoms with Gasteiger partial charge in [0.15, 0.2) is 0 Å². The van der Waals surface area contributed by atoms with Gasteiger partial charge in [-0.15, -0.1) is 0 Å². The van der Waals surface area contributed by atoms with Gasteiger partial charge in [0.1, 0.15) is 11.6 Å². The van der Waals surface area contributed by atoms with Crippen LogP contribution >= 0.6 is 0 Å². The summed E-state index contributed by atoms with van der Waals surface area (Å²) in [4.78, 5) is 21.0. The van der Waals surface area contributed by atoms with E-state index in [0.29, 0.717) is 25.7 Å². The lowest BCUT2D eigenvalue weighted by atomic mass is 9.97. The van der Waals surface area contributed by atoms with Crippen molar-refractivity contribution in [2.45, 2.75) is 63.6 Å². The van der Waals surface area contributed by atoms with Gasteiger partial charge in [-0.1, -0.05) is 0 Å². The van der Waals surface area contributed by atoms with Crippen molar-refractivity contribution in [3.05, 3.63) is 0 Å². The van der Waals surface area contributed by atoms with Crippen LogP contribution in [0.3, 0.4) is 0 Å². The van der Waals surface area contributed by atoms with E-state index >= 15 is 0 Å². The second-order valence-corrected chi connectivity index (χ2v) is 4.58. The molecule has 0 radical (unpaired) electrons. The van der Waals surface area contributed by atoms with Gasteiger partial charge in [-0.05, 0) is 25.7 Å². The molecule has 0 amide bonds. The predicted molar refractivity (Wildman–Crippen MR) is 59.0 cm³/mol. The van der Waals surface area contributed by atoms with E-state index in [4.69, 9.17) is 10.2 Å². The summed E-state index contributed by atoms with van der Waals surface area (Å²) in [5.74, 6) is 0.424. The Labute approximate surface area is 95.7 Å². The fourth-order valence-corrected chi connectivity index (χ4v) is 2.00. The predicted octanol–water partition coefficient (Wildman–Crippen LogP) is 0.981. The van der Waals surface area contributed by atoms with E-state index in [-0.39, 0.29) is 23.8 Å². The molecular weight excluding hydrogens is 208 g/mol. The van der Waals surface area contributed by atoms with E-state index in [2.05, 4.69) is 0 Å². The Bertz CT molecular complexity index is 223. The lowest BCUT2D eigenvalue weighted by molar-refractivity contribution is -0.123. The number of aliphatic hydroxyl groups excluding tert-OH is 2. The third-order valence-corrected chi connectivity index (χ3v) is 2.91. The topological polar surface area (TPSA) is 74.6 Å². The third-order valence-electron chi connectivity index (χ3n) is 2.91. The molecule has 0 aliphatic heterocycles. The largest absolute Gasteiger partial charge is 0.393 e. The highest BCUT2D eigenvalue weighted by atomic mass is 16.3. The molecule has 2 fully saturated rings. The first-order valence-electron chi connectivity index (χ1n) is 5.97. The number of aliphatic hydroxyl groups is 2. The first-order chi connectivity index (χ1) is 7.58. The average molecular weight is 228 g/mol. The van der Waals surface area contributed by atoms with E-state index in [9.17, 15) is 9.59 Å². The summed E-state index contributed by atoms with van der Waals surface area (Å²) in [5.41, 5.74) is 0. The van der Waals surface area contributed by atoms with Gasteiger partial charge in [-0.3, -0.25) is 9.59 Å². The van der Waals surface area contributed by atoms with Crippen LogP contribution in [0.15, 0.2) is 0 Å². The second-order valence-electron chi connectivity index (χ2n) is 4.58. The van der Waals surface area contributed by atoms with Crippen LogP contribution < -0.4 is 0 Å². The lowest BCUT2D eigenvalue weighted by Gasteiger charge is -2.13. The zero-order chi connectivity index (χ0) is 12.0. The van der Waals surface area contributed by atoms with Crippen LogP contribution in [0.5, 0.6) is 0 Å². The Morgan fingerprint density at radius 2 is 1.19 bits per heavy atom. The zero-order valence-electron chi connectivity index (χ0n) is 9.52. The van der Waals surface area contributed by atoms with Crippen LogP contribution in [-0.2, 0) is 9.59 Å². The Hall–Kier alpha value is -0.740. The maximum Gasteiger partial charge on any atom is 0.135 e. The highest BCUT2D eigenvalue weighted by molar-refractivity contribution is 5.79. The molecule has 0 aromatic heterocycles. The van der Waals surface area contributed by atoms with Gasteiger partial charge in [0, 0.05) is 25.7 Å². The molecule has 2 aliphatic carbocycles. The molecule has 0 spiro atoms. The van der Waals surface area contributed by atoms with Gasteiger partial charge in [-0.25, -0.2) is 0 Å². The van der Waals surface area contributed by atoms with Crippen molar-refractivity contribution in [2.24, 2.45) is 0 Å². The Kier molecular flexibility index (Phi) is 5.63. The van der Waals surface area contributed by atoms with Crippen molar-refractivity contribution in [1.82, 2.24) is 0 Å². The van der Waals surface area contributed by atoms with Gasteiger partial charge in [0.25, 0.3) is 0 Å². The van der Waals surface area contributed by atoms with Gasteiger partial charge in [-0.2, -0.15) is 0 Å². The van der Waals surface area contributed by atoms with Crippen LogP contribution in [0.2, 0.25) is 0 Å². The van der Waals surface area contributed by atoms with Crippen molar-refractivity contribution in [3.8, 4) is 0 Å². The third kappa shape index (κ3) is 5.37. The lowest BCUT2D eigenvalue weighted by Crippen LogP contribution is -2.18. The fourth-order valence-electron chi connectivity index (χ4n) is 2.00. The number of hydrogen-bond donors (Lipinski definition) is 2. The average Bonchev–Trinajstić information content (AvgIpc) is 2.17. The highest BCUT2D eigenvalue weighted by Gasteiger charge is 2.16. The standard InChI is InChI=1S/2C6H10O2/c2*7-5-2-1-3-6(8)4-5/h2*5,7H,1-4H2. The molecule has 0 bridgehead atoms. The zero-order valence-corrected chi connectivity index (χ0v) is 9.52. The molecule has 0 saturated heterocycles. The molecule has 0 aromatic rings. The summed E-state index contributed by atoms with van der Waals surface area (Å²) in [7, 11) is 0. The van der Waals surface area contributed by atoms with E-state index < -0.39 is 0 Å². The van der Waals surface area contributed by atoms with E-state index in [1.54, 1.807) is 0 Å². The SMILES string of the molecule is O=C1CCCC(O)C1.O=C1CCCC(O)C1. The van der Waals surface area contributed by atoms with E-state index in [0.717, 1.165) is 25.7 Å². The molecular formula is C12H20O4. The molecule has 0 heterocycles. The molecule has 92 valence electrons. The van der Waals surface area contributed by atoms with E-state index in [1.807, 2.05) is 0 Å². The minimum atomic E-state index is -0.337. The second kappa shape index (κ2) is 6.76. The summed E-state index contributed by atoms with van der Waals surface area (Å²) in [5, 5.41) is 17.7. The van der Waals surface area contributed by atoms with Crippen molar-refractivity contribution in [3.63, 3.8) is 0 Å². The van der Waals surface area contributed by atoms with Crippen LogP contribution in [0.1, 0.15) is 51.4 Å². The van der Waals surface area contributed by atoms with Crippen LogP contribution in [0, 0.1) is 0 Å². The molecule has 2 atom stereocenters. The molecule has 16 heavy (non-hydrogen) atoms. The number of hydrogen-bond acceptors (Lipinski definition) is 4. The number of Topliss-reactive ketones (excluding diaryl/α,β-unsaturated/α-hetero) is 2. The highest BCUT2D eigenvalue weighted by Crippen LogP contribution is 2.14. The van der Waals surface area contributed by atoms with Crippen molar-refractivity contribution < 1.29 is 19.8 Å². The molecule has 2 unspecified atom stereocenters. The minimum Gasteiger partial charge on any atom is -0.393 e. The summed E-state index contributed by atoms with van der Waals surface area (Å²) in [6.07, 6.45) is 4.83. The maximum atomic E-state index is 10.5. The summed E-state index contributed by atoms with van der Waals surface area (Å²) in [6.45, 7) is 0. The first kappa shape index (κ1) is 13.3. The molecule has 2 rings (SSSR count). The minimum absolute atomic E-state index is 0.212. The number of carbonyl (C=O) groups is 2. The number of carbonyl (C=O) groups excluding carboxylic acids is 2. The van der Waals surface area contributed by atoms with Crippen LogP contribution in [0.25, 0.3) is 0 Å². The van der Waals surface area contributed by atoms with Gasteiger partial charge in [0.05, 0.1) is 12.2 Å². The number of ketones is 2. The van der Waals surface area contributed by atoms with E-state index in [1.165, 1.54) is 0 Å². The first-order valence-corrected chi connectivity index (χ1v) is 5.97. The van der Waals surface area contributed by atoms with Gasteiger partial charge in [0.2, 0.25) is 0 Å². The van der Waals surface area contributed by atoms with Crippen molar-refractivity contribution >= 4 is 11.6 Å². The number of rotatable bonds is 0. The molecule has 2 N–H and O–H groups in total. The van der Waals surface area contributed by atoms with Gasteiger partial charge < -0.3 is 10.2 Å². The molecule has 4 heteroatoms. The molecule has 2 saturated carbocycles. The molecule has 0 aromatic carbocycles. The summed E-state index contributed by atoms with van der Waals surface area (Å²) >= 11 is 0. The fraction of sp³-hybridized carbons (Fsp3) is 0.833. The molecule has 4 nitrogen and oxygen atoms in total. The Morgan fingerprint density at radius 3 is 1.38 bits per heavy atom. The van der Waals surface area contributed by atoms with Crippen molar-refractivity contribution in [2.75, 3.05) is 0 Å². The Balaban J connectivity index is 0.000000160. The Morgan fingerprint density at radius 1 is 0.812 bits per heavy atom. The normalized spacial score (nSPS) is 30.6. The van der Waals surface area contributed by atoms with Crippen molar-refractivity contribution in [1.29, 1.82) is 0 Å². The summed E-state index contributed by atoms with van der Waals surface area (Å²) in [6, 6.07) is 0. The smallest absolute Gasteiger partial charge is 0.135 e. The maximum absolute atomic E-state index is 10.5. The van der Waals surface area contributed by atoms with Crippen LogP contribution in [-0.4, -0.2) is 34.0 Å².